The predicted octanol–water partition coefficient (Wildman–Crippen LogP) is 6.02. The maximum Gasteiger partial charge on any atom is -1.00 e. The molecule has 10 unspecified atom stereocenters. The average molecular weight is 796 g/mol. The molecule has 3 fully saturated rings. The Morgan fingerprint density at radius 2 is 1.48 bits per heavy atom. The predicted molar refractivity (Wildman–Crippen MR) is 193 cm³/mol. The number of hydrogen-bond donors (Lipinski definition) is 0. The van der Waals surface area contributed by atoms with Gasteiger partial charge in [-0.2, -0.15) is 0 Å². The monoisotopic (exact) mass is 792 g/mol. The van der Waals surface area contributed by atoms with E-state index in [1.165, 1.54) is 30.4 Å². The van der Waals surface area contributed by atoms with Gasteiger partial charge in [-0.1, -0.05) is 0 Å². The first-order valence-corrected chi connectivity index (χ1v) is 22.2. The molecule has 5 heteroatoms. The number of rotatable bonds is 4. The molecule has 48 heavy (non-hydrogen) atoms. The van der Waals surface area contributed by atoms with E-state index in [1.807, 2.05) is 12.1 Å². The first-order valence-electron chi connectivity index (χ1n) is 17.5. The van der Waals surface area contributed by atoms with Gasteiger partial charge in [-0.05, 0) is 0 Å². The molecule has 0 N–H and O–H groups in total. The van der Waals surface area contributed by atoms with Crippen LogP contribution in [0.15, 0.2) is 119 Å². The fourth-order valence-corrected chi connectivity index (χ4v) is 23.4. The molecule has 6 aliphatic carbocycles. The molecule has 0 aliphatic heterocycles. The molecule has 0 heterocycles. The van der Waals surface area contributed by atoms with E-state index in [0.29, 0.717) is 21.4 Å². The van der Waals surface area contributed by atoms with Crippen LogP contribution in [0, 0.1) is 51.8 Å². The van der Waals surface area contributed by atoms with Crippen LogP contribution in [0.4, 0.5) is 0 Å². The van der Waals surface area contributed by atoms with Crippen LogP contribution in [0.1, 0.15) is 64.5 Å². The summed E-state index contributed by atoms with van der Waals surface area (Å²) in [5.41, 5.74) is 2.80. The number of allylic oxidation sites excluding steroid dienone is 12. The van der Waals surface area contributed by atoms with Crippen molar-refractivity contribution in [1.82, 2.24) is 0 Å². The van der Waals surface area contributed by atoms with Gasteiger partial charge >= 0.3 is 296 Å². The van der Waals surface area contributed by atoms with E-state index in [4.69, 9.17) is 23.2 Å². The van der Waals surface area contributed by atoms with Crippen LogP contribution in [0.5, 0.6) is 0 Å². The summed E-state index contributed by atoms with van der Waals surface area (Å²) >= 11 is 10.8. The number of halogens is 4. The Kier molecular flexibility index (Phi) is 10.5. The Morgan fingerprint density at radius 1 is 0.812 bits per heavy atom. The van der Waals surface area contributed by atoms with Gasteiger partial charge in [-0.15, -0.1) is 0 Å². The normalized spacial score (nSPS) is 37.9. The van der Waals surface area contributed by atoms with Gasteiger partial charge in [0, 0.05) is 0 Å². The zero-order valence-corrected chi connectivity index (χ0v) is 33.8. The summed E-state index contributed by atoms with van der Waals surface area (Å²) in [5, 5.41) is 1.63. The van der Waals surface area contributed by atoms with Crippen LogP contribution in [0.2, 0.25) is 13.7 Å². The topological polar surface area (TPSA) is 0 Å². The van der Waals surface area contributed by atoms with Crippen molar-refractivity contribution in [3.63, 3.8) is 0 Å². The van der Waals surface area contributed by atoms with Crippen LogP contribution < -0.4 is 24.8 Å². The SMILES string of the molecule is CC1CCCC2C1C1C3C=CC=CC3C3(C)C=CC=CC3(C)C1(C)[CH]2[Zr+2]([C]1=CC=CC1)=[C](c1cccc(Cl)c1)c1cccc(Cl)c1.[Cl-].[Cl-]. The van der Waals surface area contributed by atoms with Gasteiger partial charge in [-0.25, -0.2) is 0 Å². The fraction of sp³-hybridized carbons (Fsp3) is 0.419. The zero-order valence-electron chi connectivity index (χ0n) is 28.4. The average Bonchev–Trinajstić information content (AvgIpc) is 3.67. The van der Waals surface area contributed by atoms with E-state index in [0.717, 1.165) is 34.2 Å². The van der Waals surface area contributed by atoms with Crippen LogP contribution in [-0.2, 0) is 21.3 Å². The minimum absolute atomic E-state index is 0. The number of benzene rings is 2. The summed E-state index contributed by atoms with van der Waals surface area (Å²) in [5.74, 6) is 3.91. The number of fused-ring (bicyclic) bond motifs is 8. The molecule has 2 aromatic carbocycles. The van der Waals surface area contributed by atoms with Crippen molar-refractivity contribution in [3.8, 4) is 0 Å². The molecule has 6 aliphatic rings. The van der Waals surface area contributed by atoms with Gasteiger partial charge in [0.25, 0.3) is 0 Å². The van der Waals surface area contributed by atoms with Gasteiger partial charge in [-0.3, -0.25) is 0 Å². The molecule has 250 valence electrons. The minimum Gasteiger partial charge on any atom is -1.00 e. The Labute approximate surface area is 318 Å². The minimum atomic E-state index is -2.82. The van der Waals surface area contributed by atoms with E-state index in [1.54, 1.807) is 6.49 Å². The van der Waals surface area contributed by atoms with Gasteiger partial charge in [0.05, 0.1) is 0 Å². The van der Waals surface area contributed by atoms with Crippen LogP contribution >= 0.6 is 23.2 Å². The van der Waals surface area contributed by atoms with Gasteiger partial charge in [0.2, 0.25) is 0 Å². The summed E-state index contributed by atoms with van der Waals surface area (Å²) in [7, 11) is 0. The van der Waals surface area contributed by atoms with Crippen molar-refractivity contribution in [3.05, 3.63) is 140 Å². The molecule has 0 spiro atoms. The smallest absolute Gasteiger partial charge is 1.00 e. The van der Waals surface area contributed by atoms with Gasteiger partial charge < -0.3 is 24.8 Å². The summed E-state index contributed by atoms with van der Waals surface area (Å²) in [6, 6.07) is 17.5. The van der Waals surface area contributed by atoms with Crippen molar-refractivity contribution in [2.24, 2.45) is 51.8 Å². The van der Waals surface area contributed by atoms with Crippen molar-refractivity contribution < 1.29 is 46.1 Å². The van der Waals surface area contributed by atoms with E-state index in [-0.39, 0.29) is 41.1 Å². The second kappa shape index (κ2) is 13.7. The third-order valence-electron chi connectivity index (χ3n) is 14.0. The number of hydrogen-bond acceptors (Lipinski definition) is 0. The van der Waals surface area contributed by atoms with Crippen molar-refractivity contribution in [2.75, 3.05) is 0 Å². The second-order valence-corrected chi connectivity index (χ2v) is 22.9. The fourth-order valence-electron chi connectivity index (χ4n) is 12.0. The molecule has 8 rings (SSSR count). The standard InChI is InChI=1S/C25H33.C13H8Cl2.C5H5.2ClH.Zr/c1-17-10-9-11-18-16-24(3)22(21(17)18)19-12-5-6-13-20(19)23(2)14-7-8-15-25(23,24)4;14-12-5-1-3-10(8-12)7-11-4-2-6-13(15)9-11;1-2-4-5-3-1;;;/h5-8,12-22H,9-11H2,1-4H3;1-6,8-9H;1-3H,4H2;2*1H;/q;;;;;+2/p-2. The quantitative estimate of drug-likeness (QED) is 0.356. The molecule has 0 aromatic heterocycles. The Bertz CT molecular complexity index is 1750. The molecule has 0 radical (unpaired) electrons. The molecule has 0 amide bonds. The molecule has 0 saturated heterocycles. The third-order valence-corrected chi connectivity index (χ3v) is 23.8. The van der Waals surface area contributed by atoms with Gasteiger partial charge in [0.1, 0.15) is 0 Å². The zero-order chi connectivity index (χ0) is 31.8. The summed E-state index contributed by atoms with van der Waals surface area (Å²) in [4.78, 5) is 0. The van der Waals surface area contributed by atoms with Crippen molar-refractivity contribution in [2.45, 2.75) is 57.0 Å². The van der Waals surface area contributed by atoms with Crippen molar-refractivity contribution >= 4 is 26.4 Å². The summed E-state index contributed by atoms with van der Waals surface area (Å²) in [6.07, 6.45) is 32.4. The Hall–Kier alpha value is -1.21. The summed E-state index contributed by atoms with van der Waals surface area (Å²) < 4.78 is 3.98. The second-order valence-electron chi connectivity index (χ2n) is 15.6. The van der Waals surface area contributed by atoms with E-state index < -0.39 is 21.3 Å². The summed E-state index contributed by atoms with van der Waals surface area (Å²) in [6.45, 7) is 10.7. The third kappa shape index (κ3) is 5.26. The van der Waals surface area contributed by atoms with Crippen molar-refractivity contribution in [1.29, 1.82) is 0 Å². The molecule has 3 saturated carbocycles. The molecule has 2 aromatic rings. The van der Waals surface area contributed by atoms with E-state index in [2.05, 4.69) is 131 Å². The largest absolute Gasteiger partial charge is 1.00 e. The van der Waals surface area contributed by atoms with Crippen LogP contribution in [0.3, 0.4) is 0 Å². The Morgan fingerprint density at radius 3 is 2.12 bits per heavy atom. The molecular formula is C43H46Cl4Zr. The molecule has 0 nitrogen and oxygen atoms in total. The first kappa shape index (κ1) is 36.6. The molecule has 10 atom stereocenters. The molecular weight excluding hydrogens is 750 g/mol. The maximum absolute atomic E-state index is 6.83. The van der Waals surface area contributed by atoms with Crippen LogP contribution in [0.25, 0.3) is 0 Å². The first-order chi connectivity index (χ1) is 22.2. The van der Waals surface area contributed by atoms with E-state index >= 15 is 0 Å². The van der Waals surface area contributed by atoms with Crippen LogP contribution in [-0.4, -0.2) is 3.21 Å². The maximum atomic E-state index is 6.83. The van der Waals surface area contributed by atoms with E-state index in [9.17, 15) is 0 Å². The molecule has 0 bridgehead atoms. The van der Waals surface area contributed by atoms with Gasteiger partial charge in [0.15, 0.2) is 0 Å². The Balaban J connectivity index is 0.00000201.